The average Bonchev–Trinajstić information content (AvgIpc) is 2.37. The van der Waals surface area contributed by atoms with E-state index in [0.717, 1.165) is 0 Å². The number of ketones is 1. The number of ether oxygens (including phenoxy) is 3. The summed E-state index contributed by atoms with van der Waals surface area (Å²) in [5, 5.41) is 0. The van der Waals surface area contributed by atoms with Crippen molar-refractivity contribution >= 4 is 15.0 Å². The van der Waals surface area contributed by atoms with E-state index in [0.29, 0.717) is 35.4 Å². The molecule has 18 heavy (non-hydrogen) atoms. The summed E-state index contributed by atoms with van der Waals surface area (Å²) in [4.78, 5) is 12.0. The first-order valence-corrected chi connectivity index (χ1v) is 5.86. The molecule has 6 heteroatoms. The van der Waals surface area contributed by atoms with Gasteiger partial charge < -0.3 is 23.5 Å². The zero-order valence-electron chi connectivity index (χ0n) is 11.2. The minimum Gasteiger partial charge on any atom is -0.558 e. The molecule has 0 saturated carbocycles. The molecule has 1 aromatic rings. The Kier molecular flexibility index (Phi) is 8.11. The molecule has 0 aliphatic rings. The number of carbonyl (C=O) groups is 1. The molecule has 4 nitrogen and oxygen atoms in total. The van der Waals surface area contributed by atoms with Crippen LogP contribution < -0.4 is 33.1 Å². The van der Waals surface area contributed by atoms with Crippen molar-refractivity contribution in [3.05, 3.63) is 17.7 Å². The van der Waals surface area contributed by atoms with Crippen LogP contribution >= 0.6 is 9.24 Å². The minimum atomic E-state index is -0.0312. The minimum absolute atomic E-state index is 0. The molecular weight excluding hydrogens is 246 g/mol. The van der Waals surface area contributed by atoms with Crippen LogP contribution in [0.5, 0.6) is 17.2 Å². The Balaban J connectivity index is 0.00000289. The summed E-state index contributed by atoms with van der Waals surface area (Å²) in [6.07, 6.45) is 0.979. The predicted octanol–water partition coefficient (Wildman–Crippen LogP) is -0.568. The summed E-state index contributed by atoms with van der Waals surface area (Å²) in [6, 6.07) is 3.34. The van der Waals surface area contributed by atoms with Gasteiger partial charge in [-0.05, 0) is 6.42 Å². The van der Waals surface area contributed by atoms with Gasteiger partial charge in [-0.1, -0.05) is 0 Å². The van der Waals surface area contributed by atoms with E-state index in [2.05, 4.69) is 9.24 Å². The SMILES string of the molecule is COc1cc(OC)c(C(=O)CC[PH-])c(OC)c1.[Li+]. The quantitative estimate of drug-likeness (QED) is 0.391. The molecular formula is C12H16LiO4P. The van der Waals surface area contributed by atoms with Gasteiger partial charge in [0.2, 0.25) is 0 Å². The maximum atomic E-state index is 12.0. The van der Waals surface area contributed by atoms with Gasteiger partial charge in [0.15, 0.2) is 5.78 Å². The number of hydrogen-bond donors (Lipinski definition) is 0. The summed E-state index contributed by atoms with van der Waals surface area (Å²) >= 11 is 0. The predicted molar refractivity (Wildman–Crippen MR) is 68.2 cm³/mol. The molecule has 0 saturated heterocycles. The van der Waals surface area contributed by atoms with Crippen LogP contribution in [-0.4, -0.2) is 33.3 Å². The number of Topliss-reactive ketones (excluding diaryl/α,β-unsaturated/α-hetero) is 1. The Bertz CT molecular complexity index is 384. The zero-order valence-corrected chi connectivity index (χ0v) is 12.2. The van der Waals surface area contributed by atoms with Crippen molar-refractivity contribution in [2.75, 3.05) is 27.5 Å². The molecule has 0 spiro atoms. The summed E-state index contributed by atoms with van der Waals surface area (Å²) in [5.74, 6) is 1.49. The van der Waals surface area contributed by atoms with Crippen LogP contribution in [0.4, 0.5) is 0 Å². The first-order valence-electron chi connectivity index (χ1n) is 5.15. The number of hydrogen-bond acceptors (Lipinski definition) is 4. The van der Waals surface area contributed by atoms with Crippen LogP contribution in [0, 0.1) is 0 Å². The Morgan fingerprint density at radius 3 is 1.94 bits per heavy atom. The van der Waals surface area contributed by atoms with Crippen LogP contribution in [0.15, 0.2) is 12.1 Å². The molecule has 0 aliphatic carbocycles. The first-order chi connectivity index (χ1) is 8.17. The topological polar surface area (TPSA) is 44.8 Å². The van der Waals surface area contributed by atoms with Gasteiger partial charge in [-0.15, -0.1) is 0 Å². The molecule has 1 aromatic carbocycles. The third-order valence-electron chi connectivity index (χ3n) is 2.35. The molecule has 94 valence electrons. The Morgan fingerprint density at radius 1 is 1.11 bits per heavy atom. The van der Waals surface area contributed by atoms with Gasteiger partial charge in [-0.3, -0.25) is 4.79 Å². The number of rotatable bonds is 6. The maximum absolute atomic E-state index is 12.0. The van der Waals surface area contributed by atoms with Crippen molar-refractivity contribution in [2.24, 2.45) is 0 Å². The van der Waals surface area contributed by atoms with Gasteiger partial charge >= 0.3 is 18.9 Å². The largest absolute Gasteiger partial charge is 1.00 e. The average molecular weight is 262 g/mol. The third kappa shape index (κ3) is 3.92. The fourth-order valence-corrected chi connectivity index (χ4v) is 1.75. The zero-order chi connectivity index (χ0) is 12.8. The molecule has 0 aliphatic heterocycles. The van der Waals surface area contributed by atoms with E-state index < -0.39 is 0 Å². The molecule has 0 heterocycles. The summed E-state index contributed by atoms with van der Waals surface area (Å²) in [5.41, 5.74) is 0.453. The van der Waals surface area contributed by atoms with Crippen molar-refractivity contribution in [1.29, 1.82) is 0 Å². The van der Waals surface area contributed by atoms with Crippen molar-refractivity contribution in [3.63, 3.8) is 0 Å². The van der Waals surface area contributed by atoms with Gasteiger partial charge in [0, 0.05) is 12.1 Å². The first kappa shape index (κ1) is 17.3. The monoisotopic (exact) mass is 262 g/mol. The van der Waals surface area contributed by atoms with Crippen molar-refractivity contribution in [1.82, 2.24) is 0 Å². The van der Waals surface area contributed by atoms with E-state index in [1.54, 1.807) is 19.2 Å². The van der Waals surface area contributed by atoms with Gasteiger partial charge in [0.05, 0.1) is 21.3 Å². The molecule has 0 fully saturated rings. The van der Waals surface area contributed by atoms with Crippen molar-refractivity contribution < 1.29 is 37.9 Å². The molecule has 0 amide bonds. The number of benzene rings is 1. The van der Waals surface area contributed by atoms with E-state index in [1.165, 1.54) is 14.2 Å². The summed E-state index contributed by atoms with van der Waals surface area (Å²) < 4.78 is 15.5. The van der Waals surface area contributed by atoms with E-state index in [-0.39, 0.29) is 24.6 Å². The van der Waals surface area contributed by atoms with Gasteiger partial charge in [0.1, 0.15) is 22.8 Å². The van der Waals surface area contributed by atoms with E-state index in [4.69, 9.17) is 14.2 Å². The van der Waals surface area contributed by atoms with Crippen molar-refractivity contribution in [3.8, 4) is 17.2 Å². The second-order valence-electron chi connectivity index (χ2n) is 3.33. The maximum Gasteiger partial charge on any atom is 1.00 e. The van der Waals surface area contributed by atoms with Crippen LogP contribution in [0.2, 0.25) is 0 Å². The second kappa shape index (κ2) is 8.42. The Hall–Kier alpha value is -0.683. The summed E-state index contributed by atoms with van der Waals surface area (Å²) in [7, 11) is 7.86. The van der Waals surface area contributed by atoms with Gasteiger partial charge in [-0.25, -0.2) is 0 Å². The molecule has 0 unspecified atom stereocenters. The van der Waals surface area contributed by atoms with Gasteiger partial charge in [-0.2, -0.15) is 6.16 Å². The molecule has 0 radical (unpaired) electrons. The molecule has 0 bridgehead atoms. The summed E-state index contributed by atoms with van der Waals surface area (Å²) in [6.45, 7) is 0. The van der Waals surface area contributed by atoms with Gasteiger partial charge in [0.25, 0.3) is 0 Å². The van der Waals surface area contributed by atoms with Crippen LogP contribution in [-0.2, 0) is 0 Å². The molecule has 0 atom stereocenters. The molecule has 0 aromatic heterocycles. The van der Waals surface area contributed by atoms with E-state index in [9.17, 15) is 4.79 Å². The number of carbonyl (C=O) groups excluding carboxylic acids is 1. The van der Waals surface area contributed by atoms with Crippen LogP contribution in [0.25, 0.3) is 0 Å². The standard InChI is InChI=1S/C12H16O4P.Li/c1-14-8-6-10(15-2)12(9(13)4-5-17)11(7-8)16-3;/h6-7,17H,4-5H2,1-3H3;/q-1;+1. The van der Waals surface area contributed by atoms with E-state index >= 15 is 0 Å². The van der Waals surface area contributed by atoms with E-state index in [1.807, 2.05) is 0 Å². The fourth-order valence-electron chi connectivity index (χ4n) is 1.52. The smallest absolute Gasteiger partial charge is 0.558 e. The van der Waals surface area contributed by atoms with Crippen molar-refractivity contribution in [2.45, 2.75) is 6.42 Å². The normalized spacial score (nSPS) is 9.33. The number of methoxy groups -OCH3 is 3. The van der Waals surface area contributed by atoms with Crippen LogP contribution in [0.3, 0.4) is 0 Å². The third-order valence-corrected chi connectivity index (χ3v) is 2.60. The second-order valence-corrected chi connectivity index (χ2v) is 3.83. The molecule has 1 rings (SSSR count). The van der Waals surface area contributed by atoms with Crippen LogP contribution in [0.1, 0.15) is 16.8 Å². The molecule has 0 N–H and O–H groups in total. The Morgan fingerprint density at radius 2 is 1.61 bits per heavy atom. The Labute approximate surface area is 122 Å². The fraction of sp³-hybridized carbons (Fsp3) is 0.417.